The van der Waals surface area contributed by atoms with Gasteiger partial charge in [-0.25, -0.2) is 9.97 Å². The molecule has 3 N–H and O–H groups in total. The number of nitrogens with one attached hydrogen (secondary N) is 3. The molecular formula is C18H19N7O3. The van der Waals surface area contributed by atoms with E-state index in [1.165, 1.54) is 6.33 Å². The van der Waals surface area contributed by atoms with Crippen LogP contribution in [0, 0.1) is 12.8 Å². The zero-order valence-corrected chi connectivity index (χ0v) is 15.3. The van der Waals surface area contributed by atoms with Crippen LogP contribution in [0.2, 0.25) is 0 Å². The van der Waals surface area contributed by atoms with Crippen LogP contribution < -0.4 is 21.5 Å². The monoisotopic (exact) mass is 381 g/mol. The Morgan fingerprint density at radius 1 is 1.25 bits per heavy atom. The summed E-state index contributed by atoms with van der Waals surface area (Å²) in [5, 5.41) is 8.53. The number of aryl methyl sites for hydroxylation is 1. The van der Waals surface area contributed by atoms with Crippen molar-refractivity contribution in [2.75, 3.05) is 10.6 Å². The lowest BCUT2D eigenvalue weighted by Gasteiger charge is -2.39. The molecule has 144 valence electrons. The molecule has 10 heteroatoms. The van der Waals surface area contributed by atoms with Crippen molar-refractivity contribution in [3.63, 3.8) is 0 Å². The predicted octanol–water partition coefficient (Wildman–Crippen LogP) is 1.01. The first-order chi connectivity index (χ1) is 13.5. The van der Waals surface area contributed by atoms with Crippen molar-refractivity contribution in [3.8, 4) is 0 Å². The molecule has 2 saturated carbocycles. The third kappa shape index (κ3) is 2.55. The Bertz CT molecular complexity index is 1070. The lowest BCUT2D eigenvalue weighted by Crippen LogP contribution is -2.52. The molecule has 3 heterocycles. The molecule has 1 spiro atoms. The Labute approximate surface area is 159 Å². The standard InChI is InChI=1S/C18H19N7O3/c1-9-7-11(15(28)25-12(9)14(27)24-18(25)5-2-6-18)21-16-19-8-20-17(23-16)22-13(26)10-3-4-10/h7-8,10H,2-6H2,1H3,(H,24,27)(H2,19,20,21,22,23,26). The molecule has 28 heavy (non-hydrogen) atoms. The summed E-state index contributed by atoms with van der Waals surface area (Å²) in [6, 6.07) is 1.62. The fourth-order valence-corrected chi connectivity index (χ4v) is 3.81. The van der Waals surface area contributed by atoms with Crippen molar-refractivity contribution in [2.45, 2.75) is 44.7 Å². The van der Waals surface area contributed by atoms with E-state index in [-0.39, 0.29) is 40.9 Å². The highest BCUT2D eigenvalue weighted by Gasteiger charge is 2.48. The molecule has 3 aliphatic rings. The fraction of sp³-hybridized carbons (Fsp3) is 0.444. The predicted molar refractivity (Wildman–Crippen MR) is 99.2 cm³/mol. The Hall–Kier alpha value is -3.30. The molecule has 2 aliphatic carbocycles. The second kappa shape index (κ2) is 5.85. The molecule has 5 rings (SSSR count). The summed E-state index contributed by atoms with van der Waals surface area (Å²) in [6.45, 7) is 1.79. The number of carbonyl (C=O) groups is 2. The zero-order valence-electron chi connectivity index (χ0n) is 15.3. The number of anilines is 3. The third-order valence-electron chi connectivity index (χ3n) is 5.56. The molecule has 2 fully saturated rings. The van der Waals surface area contributed by atoms with Gasteiger partial charge >= 0.3 is 0 Å². The van der Waals surface area contributed by atoms with Crippen LogP contribution >= 0.6 is 0 Å². The van der Waals surface area contributed by atoms with E-state index in [4.69, 9.17) is 0 Å². The SMILES string of the molecule is Cc1cc(Nc2ncnc(NC(=O)C3CC3)n2)c(=O)n2c1C(=O)NC21CCC1. The van der Waals surface area contributed by atoms with Crippen molar-refractivity contribution in [3.05, 3.63) is 34.0 Å². The van der Waals surface area contributed by atoms with Crippen LogP contribution in [0.5, 0.6) is 0 Å². The van der Waals surface area contributed by atoms with Gasteiger partial charge < -0.3 is 10.6 Å². The summed E-state index contributed by atoms with van der Waals surface area (Å²) in [7, 11) is 0. The van der Waals surface area contributed by atoms with Gasteiger partial charge in [0.1, 0.15) is 23.4 Å². The van der Waals surface area contributed by atoms with Crippen LogP contribution in [0.3, 0.4) is 0 Å². The second-order valence-electron chi connectivity index (χ2n) is 7.59. The molecule has 2 amide bonds. The number of hydrogen-bond donors (Lipinski definition) is 3. The Morgan fingerprint density at radius 3 is 2.68 bits per heavy atom. The van der Waals surface area contributed by atoms with Gasteiger partial charge in [-0.3, -0.25) is 24.3 Å². The summed E-state index contributed by atoms with van der Waals surface area (Å²) >= 11 is 0. The molecule has 0 radical (unpaired) electrons. The van der Waals surface area contributed by atoms with Crippen molar-refractivity contribution in [2.24, 2.45) is 5.92 Å². The molecule has 0 bridgehead atoms. The molecule has 0 atom stereocenters. The van der Waals surface area contributed by atoms with Crippen molar-refractivity contribution in [1.29, 1.82) is 0 Å². The highest BCUT2D eigenvalue weighted by Crippen LogP contribution is 2.41. The summed E-state index contributed by atoms with van der Waals surface area (Å²) in [6.07, 6.45) is 5.45. The van der Waals surface area contributed by atoms with Crippen LogP contribution in [-0.2, 0) is 10.5 Å². The molecule has 1 aliphatic heterocycles. The Balaban J connectivity index is 1.47. The first-order valence-corrected chi connectivity index (χ1v) is 9.33. The maximum absolute atomic E-state index is 13.1. The molecule has 2 aromatic heterocycles. The van der Waals surface area contributed by atoms with Crippen LogP contribution in [0.25, 0.3) is 0 Å². The van der Waals surface area contributed by atoms with E-state index in [1.54, 1.807) is 17.6 Å². The number of carbonyl (C=O) groups excluding carboxylic acids is 2. The maximum atomic E-state index is 13.1. The summed E-state index contributed by atoms with van der Waals surface area (Å²) < 4.78 is 1.56. The average Bonchev–Trinajstić information content (AvgIpc) is 3.42. The highest BCUT2D eigenvalue weighted by molar-refractivity contribution is 5.97. The molecule has 0 unspecified atom stereocenters. The van der Waals surface area contributed by atoms with Crippen LogP contribution in [0.4, 0.5) is 17.6 Å². The lowest BCUT2D eigenvalue weighted by molar-refractivity contribution is -0.117. The summed E-state index contributed by atoms with van der Waals surface area (Å²) in [4.78, 5) is 49.5. The average molecular weight is 381 g/mol. The topological polar surface area (TPSA) is 131 Å². The van der Waals surface area contributed by atoms with Gasteiger partial charge in [-0.15, -0.1) is 0 Å². The number of rotatable bonds is 4. The van der Waals surface area contributed by atoms with E-state index >= 15 is 0 Å². The maximum Gasteiger partial charge on any atom is 0.276 e. The quantitative estimate of drug-likeness (QED) is 0.720. The molecule has 2 aromatic rings. The summed E-state index contributed by atoms with van der Waals surface area (Å²) in [5.74, 6) is -0.00754. The minimum absolute atomic E-state index is 0.0286. The molecule has 0 aromatic carbocycles. The number of nitrogens with zero attached hydrogens (tertiary/aromatic N) is 4. The van der Waals surface area contributed by atoms with Gasteiger partial charge in [0.2, 0.25) is 17.8 Å². The van der Waals surface area contributed by atoms with Gasteiger partial charge in [0.05, 0.1) is 0 Å². The fourth-order valence-electron chi connectivity index (χ4n) is 3.81. The van der Waals surface area contributed by atoms with Crippen molar-refractivity contribution < 1.29 is 9.59 Å². The van der Waals surface area contributed by atoms with E-state index in [2.05, 4.69) is 30.9 Å². The minimum Gasteiger partial charge on any atom is -0.327 e. The van der Waals surface area contributed by atoms with Gasteiger partial charge in [-0.05, 0) is 50.7 Å². The van der Waals surface area contributed by atoms with Gasteiger partial charge in [0.15, 0.2) is 0 Å². The van der Waals surface area contributed by atoms with Crippen LogP contribution in [0.1, 0.15) is 48.2 Å². The third-order valence-corrected chi connectivity index (χ3v) is 5.56. The lowest BCUT2D eigenvalue weighted by atomic mass is 9.85. The Kier molecular flexibility index (Phi) is 3.52. The highest BCUT2D eigenvalue weighted by atomic mass is 16.2. The number of pyridine rings is 1. The number of hydrogen-bond acceptors (Lipinski definition) is 7. The number of fused-ring (bicyclic) bond motifs is 2. The summed E-state index contributed by atoms with van der Waals surface area (Å²) in [5.41, 5.74) is 0.453. The Morgan fingerprint density at radius 2 is 2.00 bits per heavy atom. The van der Waals surface area contributed by atoms with Gasteiger partial charge in [-0.1, -0.05) is 0 Å². The number of amides is 2. The van der Waals surface area contributed by atoms with Crippen LogP contribution in [-0.4, -0.2) is 31.3 Å². The normalized spacial score (nSPS) is 19.0. The molecule has 0 saturated heterocycles. The van der Waals surface area contributed by atoms with Crippen molar-refractivity contribution >= 4 is 29.4 Å². The number of aromatic nitrogens is 4. The van der Waals surface area contributed by atoms with E-state index in [1.807, 2.05) is 0 Å². The van der Waals surface area contributed by atoms with E-state index in [9.17, 15) is 14.4 Å². The van der Waals surface area contributed by atoms with Crippen LogP contribution in [0.15, 0.2) is 17.2 Å². The van der Waals surface area contributed by atoms with E-state index in [0.29, 0.717) is 11.3 Å². The van der Waals surface area contributed by atoms with Gasteiger partial charge in [0, 0.05) is 5.92 Å². The zero-order chi connectivity index (χ0) is 19.5. The van der Waals surface area contributed by atoms with E-state index < -0.39 is 5.66 Å². The first-order valence-electron chi connectivity index (χ1n) is 9.33. The first kappa shape index (κ1) is 16.8. The molecular weight excluding hydrogens is 362 g/mol. The largest absolute Gasteiger partial charge is 0.327 e. The minimum atomic E-state index is -0.617. The second-order valence-corrected chi connectivity index (χ2v) is 7.59. The van der Waals surface area contributed by atoms with Gasteiger partial charge in [0.25, 0.3) is 11.5 Å². The smallest absolute Gasteiger partial charge is 0.276 e. The molecule has 10 nitrogen and oxygen atoms in total. The van der Waals surface area contributed by atoms with E-state index in [0.717, 1.165) is 32.1 Å². The van der Waals surface area contributed by atoms with Crippen molar-refractivity contribution in [1.82, 2.24) is 24.8 Å². The van der Waals surface area contributed by atoms with Gasteiger partial charge in [-0.2, -0.15) is 4.98 Å².